The Labute approximate surface area is 126 Å². The fourth-order valence-corrected chi connectivity index (χ4v) is 3.67. The summed E-state index contributed by atoms with van der Waals surface area (Å²) in [5.74, 6) is 0. The highest BCUT2D eigenvalue weighted by atomic mass is 35.5. The molecule has 0 amide bonds. The third-order valence-electron chi connectivity index (χ3n) is 2.75. The van der Waals surface area contributed by atoms with Crippen LogP contribution in [0, 0.1) is 0 Å². The van der Waals surface area contributed by atoms with Gasteiger partial charge in [0.1, 0.15) is 0 Å². The first-order valence-electron chi connectivity index (χ1n) is 5.58. The molecular formula is C11H10Cl2N2O4S. The first kappa shape index (κ1) is 15.4. The van der Waals surface area contributed by atoms with E-state index < -0.39 is 16.2 Å². The molecule has 1 aromatic carbocycles. The van der Waals surface area contributed by atoms with Crippen LogP contribution in [0.5, 0.6) is 0 Å². The van der Waals surface area contributed by atoms with Gasteiger partial charge in [-0.25, -0.2) is 13.2 Å². The van der Waals surface area contributed by atoms with Crippen molar-refractivity contribution in [3.63, 3.8) is 0 Å². The van der Waals surface area contributed by atoms with E-state index in [-0.39, 0.29) is 34.7 Å². The maximum atomic E-state index is 12.5. The number of isocyanates is 1. The SMILES string of the molecule is O=C=NC1COCCN1S(=O)(=O)c1ccc(Cl)c(Cl)c1. The van der Waals surface area contributed by atoms with Gasteiger partial charge in [-0.1, -0.05) is 23.2 Å². The minimum absolute atomic E-state index is 0.00971. The maximum Gasteiger partial charge on any atom is 0.245 e. The number of ether oxygens (including phenoxy) is 1. The van der Waals surface area contributed by atoms with E-state index in [9.17, 15) is 13.2 Å². The zero-order valence-corrected chi connectivity index (χ0v) is 12.5. The lowest BCUT2D eigenvalue weighted by Crippen LogP contribution is -2.47. The number of morpholine rings is 1. The molecule has 0 saturated carbocycles. The lowest BCUT2D eigenvalue weighted by molar-refractivity contribution is 0.0359. The predicted octanol–water partition coefficient (Wildman–Crippen LogP) is 1.68. The summed E-state index contributed by atoms with van der Waals surface area (Å²) in [5.41, 5.74) is 0. The summed E-state index contributed by atoms with van der Waals surface area (Å²) in [5, 5.41) is 0.395. The molecule has 20 heavy (non-hydrogen) atoms. The van der Waals surface area contributed by atoms with Gasteiger partial charge in [-0.15, -0.1) is 0 Å². The molecular weight excluding hydrogens is 327 g/mol. The second kappa shape index (κ2) is 6.22. The lowest BCUT2D eigenvalue weighted by Gasteiger charge is -2.31. The van der Waals surface area contributed by atoms with Gasteiger partial charge >= 0.3 is 0 Å². The fourth-order valence-electron chi connectivity index (χ4n) is 1.79. The van der Waals surface area contributed by atoms with Gasteiger partial charge in [-0.3, -0.25) is 0 Å². The van der Waals surface area contributed by atoms with Gasteiger partial charge in [0.05, 0.1) is 28.2 Å². The first-order valence-corrected chi connectivity index (χ1v) is 7.78. The number of carbonyl (C=O) groups excluding carboxylic acids is 1. The number of nitrogens with zero attached hydrogens (tertiary/aromatic N) is 2. The summed E-state index contributed by atoms with van der Waals surface area (Å²) in [6.07, 6.45) is 0.437. The number of aliphatic imine (C=N–C) groups is 1. The van der Waals surface area contributed by atoms with Crippen molar-refractivity contribution in [2.75, 3.05) is 19.8 Å². The number of hydrogen-bond donors (Lipinski definition) is 0. The Bertz CT molecular complexity index is 658. The number of rotatable bonds is 3. The fraction of sp³-hybridized carbons (Fsp3) is 0.364. The van der Waals surface area contributed by atoms with Gasteiger partial charge in [0.2, 0.25) is 16.1 Å². The van der Waals surface area contributed by atoms with Crippen LogP contribution in [0.2, 0.25) is 10.0 Å². The second-order valence-electron chi connectivity index (χ2n) is 3.97. The van der Waals surface area contributed by atoms with Crippen molar-refractivity contribution < 1.29 is 17.9 Å². The molecule has 0 N–H and O–H groups in total. The minimum atomic E-state index is -3.84. The number of sulfonamides is 1. The van der Waals surface area contributed by atoms with Gasteiger partial charge < -0.3 is 4.74 Å². The molecule has 1 saturated heterocycles. The summed E-state index contributed by atoms with van der Waals surface area (Å²) in [6, 6.07) is 4.01. The molecule has 9 heteroatoms. The Balaban J connectivity index is 2.41. The van der Waals surface area contributed by atoms with Crippen LogP contribution < -0.4 is 0 Å². The standard InChI is InChI=1S/C11H10Cl2N2O4S/c12-9-2-1-8(5-10(9)13)20(17,18)15-3-4-19-6-11(15)14-7-16/h1-2,5,11H,3-4,6H2. The largest absolute Gasteiger partial charge is 0.376 e. The van der Waals surface area contributed by atoms with Crippen LogP contribution >= 0.6 is 23.2 Å². The Morgan fingerprint density at radius 1 is 1.35 bits per heavy atom. The molecule has 1 aliphatic rings. The Morgan fingerprint density at radius 2 is 2.10 bits per heavy atom. The summed E-state index contributed by atoms with van der Waals surface area (Å²) in [4.78, 5) is 13.8. The molecule has 1 heterocycles. The molecule has 0 bridgehead atoms. The third-order valence-corrected chi connectivity index (χ3v) is 5.39. The highest BCUT2D eigenvalue weighted by Crippen LogP contribution is 2.28. The van der Waals surface area contributed by atoms with E-state index in [0.717, 1.165) is 4.31 Å². The zero-order valence-electron chi connectivity index (χ0n) is 10.1. The first-order chi connectivity index (χ1) is 9.46. The van der Waals surface area contributed by atoms with E-state index in [4.69, 9.17) is 27.9 Å². The van der Waals surface area contributed by atoms with Crippen LogP contribution in [0.15, 0.2) is 28.1 Å². The number of halogens is 2. The van der Waals surface area contributed by atoms with Crippen molar-refractivity contribution in [2.24, 2.45) is 4.99 Å². The van der Waals surface area contributed by atoms with Gasteiger partial charge in [0.25, 0.3) is 0 Å². The number of hydrogen-bond acceptors (Lipinski definition) is 5. The van der Waals surface area contributed by atoms with E-state index in [0.29, 0.717) is 0 Å². The molecule has 0 aromatic heterocycles. The predicted molar refractivity (Wildman–Crippen MR) is 73.1 cm³/mol. The molecule has 0 spiro atoms. The van der Waals surface area contributed by atoms with Crippen molar-refractivity contribution in [1.29, 1.82) is 0 Å². The van der Waals surface area contributed by atoms with Crippen LogP contribution in [-0.4, -0.2) is 44.7 Å². The van der Waals surface area contributed by atoms with Crippen molar-refractivity contribution in [3.8, 4) is 0 Å². The van der Waals surface area contributed by atoms with Gasteiger partial charge in [-0.05, 0) is 18.2 Å². The smallest absolute Gasteiger partial charge is 0.245 e. The van der Waals surface area contributed by atoms with Crippen molar-refractivity contribution in [2.45, 2.75) is 11.1 Å². The van der Waals surface area contributed by atoms with Crippen LogP contribution in [0.25, 0.3) is 0 Å². The average Bonchev–Trinajstić information content (AvgIpc) is 2.42. The normalized spacial score (nSPS) is 20.4. The summed E-state index contributed by atoms with van der Waals surface area (Å²) >= 11 is 11.6. The number of benzene rings is 1. The molecule has 0 radical (unpaired) electrons. The van der Waals surface area contributed by atoms with Crippen molar-refractivity contribution in [1.82, 2.24) is 4.31 Å². The van der Waals surface area contributed by atoms with E-state index in [1.165, 1.54) is 24.3 Å². The van der Waals surface area contributed by atoms with Gasteiger partial charge in [0.15, 0.2) is 6.17 Å². The lowest BCUT2D eigenvalue weighted by atomic mass is 10.4. The molecule has 1 aromatic rings. The van der Waals surface area contributed by atoms with Crippen molar-refractivity contribution >= 4 is 39.3 Å². The molecule has 1 aliphatic heterocycles. The topological polar surface area (TPSA) is 76.0 Å². The van der Waals surface area contributed by atoms with Crippen molar-refractivity contribution in [3.05, 3.63) is 28.2 Å². The monoisotopic (exact) mass is 336 g/mol. The quantitative estimate of drug-likeness (QED) is 0.621. The zero-order chi connectivity index (χ0) is 14.8. The third kappa shape index (κ3) is 3.03. The molecule has 1 fully saturated rings. The van der Waals surface area contributed by atoms with E-state index in [1.54, 1.807) is 0 Å². The minimum Gasteiger partial charge on any atom is -0.376 e. The highest BCUT2D eigenvalue weighted by molar-refractivity contribution is 7.89. The van der Waals surface area contributed by atoms with E-state index in [2.05, 4.69) is 4.99 Å². The van der Waals surface area contributed by atoms with Crippen LogP contribution in [0.1, 0.15) is 0 Å². The maximum absolute atomic E-state index is 12.5. The van der Waals surface area contributed by atoms with E-state index >= 15 is 0 Å². The summed E-state index contributed by atoms with van der Waals surface area (Å²) in [7, 11) is -3.84. The highest BCUT2D eigenvalue weighted by Gasteiger charge is 2.34. The molecule has 6 nitrogen and oxygen atoms in total. The van der Waals surface area contributed by atoms with Crippen LogP contribution in [0.3, 0.4) is 0 Å². The molecule has 1 unspecified atom stereocenters. The molecule has 0 aliphatic carbocycles. The average molecular weight is 337 g/mol. The second-order valence-corrected chi connectivity index (χ2v) is 6.67. The van der Waals surface area contributed by atoms with Crippen LogP contribution in [0.4, 0.5) is 0 Å². The summed E-state index contributed by atoms with van der Waals surface area (Å²) < 4.78 is 31.2. The Kier molecular flexibility index (Phi) is 4.80. The Morgan fingerprint density at radius 3 is 2.75 bits per heavy atom. The molecule has 1 atom stereocenters. The summed E-state index contributed by atoms with van der Waals surface area (Å²) in [6.45, 7) is 0.333. The van der Waals surface area contributed by atoms with Gasteiger partial charge in [0, 0.05) is 6.54 Å². The van der Waals surface area contributed by atoms with Gasteiger partial charge in [-0.2, -0.15) is 9.30 Å². The Hall–Kier alpha value is -0.950. The van der Waals surface area contributed by atoms with Crippen LogP contribution in [-0.2, 0) is 19.6 Å². The molecule has 108 valence electrons. The molecule has 2 rings (SSSR count). The van der Waals surface area contributed by atoms with E-state index in [1.807, 2.05) is 0 Å².